The van der Waals surface area contributed by atoms with E-state index in [1.165, 1.54) is 4.88 Å². The molecule has 26 heavy (non-hydrogen) atoms. The Morgan fingerprint density at radius 2 is 2.04 bits per heavy atom. The predicted octanol–water partition coefficient (Wildman–Crippen LogP) is 4.10. The number of alkyl halides is 2. The van der Waals surface area contributed by atoms with Crippen molar-refractivity contribution in [2.45, 2.75) is 40.0 Å². The molecule has 0 amide bonds. The van der Waals surface area contributed by atoms with Crippen molar-refractivity contribution in [1.82, 2.24) is 15.6 Å². The van der Waals surface area contributed by atoms with E-state index in [-0.39, 0.29) is 29.7 Å². The Morgan fingerprint density at radius 1 is 1.31 bits per heavy atom. The van der Waals surface area contributed by atoms with Crippen LogP contribution in [0.2, 0.25) is 0 Å². The summed E-state index contributed by atoms with van der Waals surface area (Å²) in [6.45, 7) is 2.01. The first kappa shape index (κ1) is 22.6. The van der Waals surface area contributed by atoms with Gasteiger partial charge in [-0.05, 0) is 19.4 Å². The van der Waals surface area contributed by atoms with Crippen LogP contribution in [0.25, 0.3) is 0 Å². The summed E-state index contributed by atoms with van der Waals surface area (Å²) >= 11 is 1.65. The molecular formula is C17H23F2IN4OS. The SMILES string of the molecule is CCc1cnc(CNC(=NC)NCc2cc(C)ccc2OC(F)F)s1.I. The van der Waals surface area contributed by atoms with Crippen LogP contribution in [-0.4, -0.2) is 24.6 Å². The van der Waals surface area contributed by atoms with Gasteiger partial charge < -0.3 is 15.4 Å². The topological polar surface area (TPSA) is 58.5 Å². The van der Waals surface area contributed by atoms with E-state index in [1.807, 2.05) is 19.2 Å². The number of aliphatic imine (C=N–C) groups is 1. The van der Waals surface area contributed by atoms with Crippen LogP contribution in [0.4, 0.5) is 8.78 Å². The van der Waals surface area contributed by atoms with Gasteiger partial charge in [0.05, 0.1) is 6.54 Å². The average molecular weight is 496 g/mol. The molecule has 2 aromatic rings. The van der Waals surface area contributed by atoms with Gasteiger partial charge in [-0.3, -0.25) is 4.99 Å². The van der Waals surface area contributed by atoms with E-state index in [4.69, 9.17) is 0 Å². The number of hydrogen-bond acceptors (Lipinski definition) is 4. The minimum absolute atomic E-state index is 0. The first-order valence-corrected chi connectivity index (χ1v) is 8.76. The molecule has 0 aliphatic heterocycles. The number of benzene rings is 1. The monoisotopic (exact) mass is 496 g/mol. The third-order valence-corrected chi connectivity index (χ3v) is 4.60. The van der Waals surface area contributed by atoms with Crippen molar-refractivity contribution in [2.75, 3.05) is 7.05 Å². The molecule has 0 saturated heterocycles. The molecular weight excluding hydrogens is 473 g/mol. The van der Waals surface area contributed by atoms with Crippen molar-refractivity contribution in [3.8, 4) is 5.75 Å². The third kappa shape index (κ3) is 7.02. The summed E-state index contributed by atoms with van der Waals surface area (Å²) in [6, 6.07) is 5.10. The van der Waals surface area contributed by atoms with E-state index >= 15 is 0 Å². The van der Waals surface area contributed by atoms with Gasteiger partial charge in [0.25, 0.3) is 0 Å². The van der Waals surface area contributed by atoms with Crippen LogP contribution in [0, 0.1) is 6.92 Å². The largest absolute Gasteiger partial charge is 0.434 e. The van der Waals surface area contributed by atoms with Crippen LogP contribution in [0.15, 0.2) is 29.4 Å². The number of guanidine groups is 1. The fourth-order valence-electron chi connectivity index (χ4n) is 2.21. The van der Waals surface area contributed by atoms with Crippen LogP contribution >= 0.6 is 35.3 Å². The summed E-state index contributed by atoms with van der Waals surface area (Å²) in [7, 11) is 1.65. The quantitative estimate of drug-likeness (QED) is 0.345. The molecule has 1 heterocycles. The number of rotatable bonds is 7. The molecule has 1 aromatic heterocycles. The molecule has 144 valence electrons. The number of aryl methyl sites for hydroxylation is 2. The van der Waals surface area contributed by atoms with Crippen LogP contribution in [0.1, 0.15) is 27.9 Å². The predicted molar refractivity (Wildman–Crippen MR) is 112 cm³/mol. The highest BCUT2D eigenvalue weighted by Crippen LogP contribution is 2.22. The summed E-state index contributed by atoms with van der Waals surface area (Å²) in [6.07, 6.45) is 2.84. The highest BCUT2D eigenvalue weighted by atomic mass is 127. The summed E-state index contributed by atoms with van der Waals surface area (Å²) < 4.78 is 29.6. The molecule has 0 spiro atoms. The summed E-state index contributed by atoms with van der Waals surface area (Å²) in [5, 5.41) is 7.24. The summed E-state index contributed by atoms with van der Waals surface area (Å²) in [5.41, 5.74) is 1.61. The lowest BCUT2D eigenvalue weighted by Crippen LogP contribution is -2.36. The zero-order chi connectivity index (χ0) is 18.2. The van der Waals surface area contributed by atoms with Gasteiger partial charge in [0.15, 0.2) is 5.96 Å². The van der Waals surface area contributed by atoms with Gasteiger partial charge in [-0.2, -0.15) is 8.78 Å². The average Bonchev–Trinajstić information content (AvgIpc) is 3.05. The van der Waals surface area contributed by atoms with E-state index in [0.717, 1.165) is 17.0 Å². The molecule has 0 aliphatic carbocycles. The van der Waals surface area contributed by atoms with Crippen molar-refractivity contribution in [1.29, 1.82) is 0 Å². The third-order valence-electron chi connectivity index (χ3n) is 3.46. The van der Waals surface area contributed by atoms with E-state index in [2.05, 4.69) is 32.3 Å². The highest BCUT2D eigenvalue weighted by Gasteiger charge is 2.11. The zero-order valence-corrected chi connectivity index (χ0v) is 18.0. The highest BCUT2D eigenvalue weighted by molar-refractivity contribution is 14.0. The van der Waals surface area contributed by atoms with Crippen LogP contribution in [0.3, 0.4) is 0 Å². The van der Waals surface area contributed by atoms with Gasteiger partial charge in [-0.15, -0.1) is 35.3 Å². The van der Waals surface area contributed by atoms with Crippen molar-refractivity contribution < 1.29 is 13.5 Å². The first-order valence-electron chi connectivity index (χ1n) is 7.94. The number of hydrogen-bond donors (Lipinski definition) is 2. The Kier molecular flexibility index (Phi) is 9.78. The van der Waals surface area contributed by atoms with E-state index < -0.39 is 6.61 Å². The van der Waals surface area contributed by atoms with Crippen molar-refractivity contribution in [3.63, 3.8) is 0 Å². The van der Waals surface area contributed by atoms with Crippen LogP contribution in [-0.2, 0) is 19.5 Å². The molecule has 2 rings (SSSR count). The molecule has 0 bridgehead atoms. The molecule has 0 unspecified atom stereocenters. The molecule has 0 fully saturated rings. The van der Waals surface area contributed by atoms with Gasteiger partial charge in [-0.25, -0.2) is 4.98 Å². The van der Waals surface area contributed by atoms with E-state index in [0.29, 0.717) is 24.6 Å². The van der Waals surface area contributed by atoms with Gasteiger partial charge in [0.1, 0.15) is 10.8 Å². The maximum Gasteiger partial charge on any atom is 0.387 e. The van der Waals surface area contributed by atoms with Crippen molar-refractivity contribution in [3.05, 3.63) is 45.4 Å². The number of aromatic nitrogens is 1. The molecule has 0 aliphatic rings. The second kappa shape index (κ2) is 11.3. The van der Waals surface area contributed by atoms with Gasteiger partial charge in [-0.1, -0.05) is 24.6 Å². The Labute approximate surface area is 173 Å². The summed E-state index contributed by atoms with van der Waals surface area (Å²) in [5.74, 6) is 0.730. The minimum atomic E-state index is -2.85. The second-order valence-electron chi connectivity index (χ2n) is 5.34. The number of halogens is 3. The number of nitrogens with zero attached hydrogens (tertiary/aromatic N) is 2. The van der Waals surface area contributed by atoms with E-state index in [9.17, 15) is 8.78 Å². The molecule has 2 N–H and O–H groups in total. The number of ether oxygens (including phenoxy) is 1. The Balaban J connectivity index is 0.00000338. The van der Waals surface area contributed by atoms with E-state index in [1.54, 1.807) is 30.5 Å². The normalized spacial score (nSPS) is 11.2. The molecule has 0 saturated carbocycles. The maximum atomic E-state index is 12.5. The molecule has 1 aromatic carbocycles. The molecule has 0 radical (unpaired) electrons. The second-order valence-corrected chi connectivity index (χ2v) is 6.54. The van der Waals surface area contributed by atoms with Crippen molar-refractivity contribution >= 4 is 41.3 Å². The van der Waals surface area contributed by atoms with Crippen molar-refractivity contribution in [2.24, 2.45) is 4.99 Å². The maximum absolute atomic E-state index is 12.5. The van der Waals surface area contributed by atoms with Gasteiger partial charge in [0, 0.05) is 30.2 Å². The number of nitrogens with one attached hydrogen (secondary N) is 2. The lowest BCUT2D eigenvalue weighted by Gasteiger charge is -2.14. The molecule has 9 heteroatoms. The van der Waals surface area contributed by atoms with Gasteiger partial charge in [0.2, 0.25) is 0 Å². The Bertz CT molecular complexity index is 725. The molecule has 0 atom stereocenters. The first-order chi connectivity index (χ1) is 12.0. The van der Waals surface area contributed by atoms with Crippen LogP contribution in [0.5, 0.6) is 5.75 Å². The smallest absolute Gasteiger partial charge is 0.387 e. The fraction of sp³-hybridized carbons (Fsp3) is 0.412. The standard InChI is InChI=1S/C17H22F2N4OS.HI/c1-4-13-9-21-15(25-13)10-23-17(20-3)22-8-12-7-11(2)5-6-14(12)24-16(18)19;/h5-7,9,16H,4,8,10H2,1-3H3,(H2,20,22,23);1H. The Hall–Kier alpha value is -1.49. The van der Waals surface area contributed by atoms with Gasteiger partial charge >= 0.3 is 6.61 Å². The Morgan fingerprint density at radius 3 is 2.65 bits per heavy atom. The lowest BCUT2D eigenvalue weighted by atomic mass is 10.1. The van der Waals surface area contributed by atoms with Crippen LogP contribution < -0.4 is 15.4 Å². The number of thiazole rings is 1. The summed E-state index contributed by atoms with van der Waals surface area (Å²) in [4.78, 5) is 9.71. The fourth-order valence-corrected chi connectivity index (χ4v) is 3.01. The minimum Gasteiger partial charge on any atom is -0.434 e. The lowest BCUT2D eigenvalue weighted by molar-refractivity contribution is -0.0504. The zero-order valence-electron chi connectivity index (χ0n) is 14.9. The molecule has 5 nitrogen and oxygen atoms in total.